The molecular weight excluding hydrogens is 476 g/mol. The van der Waals surface area contributed by atoms with Crippen LogP contribution in [0.2, 0.25) is 0 Å². The largest absolute Gasteiger partial charge is 0.494 e. The maximum atomic E-state index is 13.2. The molecule has 0 saturated heterocycles. The van der Waals surface area contributed by atoms with Gasteiger partial charge in [0.1, 0.15) is 17.1 Å². The number of carbonyl (C=O) groups is 2. The lowest BCUT2D eigenvalue weighted by molar-refractivity contribution is -0.116. The van der Waals surface area contributed by atoms with E-state index in [1.807, 2.05) is 31.2 Å². The molecule has 0 spiro atoms. The van der Waals surface area contributed by atoms with E-state index in [9.17, 15) is 14.4 Å². The van der Waals surface area contributed by atoms with E-state index in [-0.39, 0.29) is 23.9 Å². The zero-order valence-electron chi connectivity index (χ0n) is 20.6. The Morgan fingerprint density at radius 2 is 1.67 bits per heavy atom. The molecule has 2 heterocycles. The third-order valence-electron chi connectivity index (χ3n) is 5.72. The molecule has 0 atom stereocenters. The summed E-state index contributed by atoms with van der Waals surface area (Å²) in [6.45, 7) is 8.20. The van der Waals surface area contributed by atoms with Gasteiger partial charge in [0, 0.05) is 11.4 Å². The summed E-state index contributed by atoms with van der Waals surface area (Å²) in [7, 11) is 0. The smallest absolute Gasteiger partial charge is 0.266 e. The Morgan fingerprint density at radius 3 is 2.31 bits per heavy atom. The standard InChI is InChI=1S/C27H28N4O4S/c1-5-35-21-12-10-20(11-13-21)30-25(33)24-17(4)23-26(36-24)28-15-31(27(23)34)14-22(32)29-19-8-6-18(7-9-19)16(2)3/h6-13,15-16H,5,14H2,1-4H3,(H,29,32)(H,30,33). The molecule has 0 aliphatic heterocycles. The Balaban J connectivity index is 1.50. The first kappa shape index (κ1) is 25.1. The zero-order valence-corrected chi connectivity index (χ0v) is 21.4. The van der Waals surface area contributed by atoms with Crippen LogP contribution in [0.4, 0.5) is 11.4 Å². The van der Waals surface area contributed by atoms with E-state index in [1.54, 1.807) is 31.2 Å². The monoisotopic (exact) mass is 504 g/mol. The van der Waals surface area contributed by atoms with E-state index in [0.29, 0.717) is 44.6 Å². The number of aryl methyl sites for hydroxylation is 1. The van der Waals surface area contributed by atoms with Gasteiger partial charge in [0.15, 0.2) is 0 Å². The second-order valence-corrected chi connectivity index (χ2v) is 9.65. The molecule has 0 radical (unpaired) electrons. The zero-order chi connectivity index (χ0) is 25.8. The molecule has 4 rings (SSSR count). The van der Waals surface area contributed by atoms with Crippen LogP contribution in [0.3, 0.4) is 0 Å². The summed E-state index contributed by atoms with van der Waals surface area (Å²) in [6, 6.07) is 14.7. The van der Waals surface area contributed by atoms with Crippen molar-refractivity contribution in [1.82, 2.24) is 9.55 Å². The fraction of sp³-hybridized carbons (Fsp3) is 0.259. The van der Waals surface area contributed by atoms with Gasteiger partial charge in [0.25, 0.3) is 11.5 Å². The van der Waals surface area contributed by atoms with Crippen molar-refractivity contribution in [3.05, 3.63) is 81.2 Å². The molecule has 0 unspecified atom stereocenters. The van der Waals surface area contributed by atoms with Crippen LogP contribution in [-0.4, -0.2) is 28.0 Å². The second kappa shape index (κ2) is 10.7. The highest BCUT2D eigenvalue weighted by Crippen LogP contribution is 2.28. The first-order chi connectivity index (χ1) is 17.3. The predicted octanol–water partition coefficient (Wildman–Crippen LogP) is 5.18. The van der Waals surface area contributed by atoms with Crippen molar-refractivity contribution < 1.29 is 14.3 Å². The Bertz CT molecular complexity index is 1450. The van der Waals surface area contributed by atoms with Crippen LogP contribution in [-0.2, 0) is 11.3 Å². The molecule has 0 bridgehead atoms. The topological polar surface area (TPSA) is 102 Å². The number of carbonyl (C=O) groups excluding carboxylic acids is 2. The second-order valence-electron chi connectivity index (χ2n) is 8.65. The number of benzene rings is 2. The fourth-order valence-electron chi connectivity index (χ4n) is 3.78. The van der Waals surface area contributed by atoms with Gasteiger partial charge in [-0.2, -0.15) is 0 Å². The number of hydrogen-bond acceptors (Lipinski definition) is 6. The van der Waals surface area contributed by atoms with Gasteiger partial charge in [-0.15, -0.1) is 11.3 Å². The number of rotatable bonds is 8. The molecule has 36 heavy (non-hydrogen) atoms. The molecule has 0 aliphatic rings. The van der Waals surface area contributed by atoms with Crippen molar-refractivity contribution in [2.45, 2.75) is 40.2 Å². The summed E-state index contributed by atoms with van der Waals surface area (Å²) in [5.74, 6) is 0.452. The van der Waals surface area contributed by atoms with E-state index in [1.165, 1.54) is 16.5 Å². The minimum Gasteiger partial charge on any atom is -0.494 e. The Kier molecular flexibility index (Phi) is 7.49. The van der Waals surface area contributed by atoms with Crippen LogP contribution in [0.5, 0.6) is 5.75 Å². The molecule has 2 amide bonds. The first-order valence-corrected chi connectivity index (χ1v) is 12.5. The molecule has 2 N–H and O–H groups in total. The highest BCUT2D eigenvalue weighted by atomic mass is 32.1. The van der Waals surface area contributed by atoms with Gasteiger partial charge < -0.3 is 15.4 Å². The van der Waals surface area contributed by atoms with E-state index in [0.717, 1.165) is 17.1 Å². The number of fused-ring (bicyclic) bond motifs is 1. The number of nitrogens with one attached hydrogen (secondary N) is 2. The van der Waals surface area contributed by atoms with Crippen molar-refractivity contribution in [2.75, 3.05) is 17.2 Å². The first-order valence-electron chi connectivity index (χ1n) is 11.7. The maximum absolute atomic E-state index is 13.2. The summed E-state index contributed by atoms with van der Waals surface area (Å²) in [6.07, 6.45) is 1.34. The van der Waals surface area contributed by atoms with E-state index in [2.05, 4.69) is 29.5 Å². The highest BCUT2D eigenvalue weighted by molar-refractivity contribution is 7.20. The van der Waals surface area contributed by atoms with Gasteiger partial charge in [-0.25, -0.2) is 4.98 Å². The highest BCUT2D eigenvalue weighted by Gasteiger charge is 2.20. The molecule has 8 nitrogen and oxygen atoms in total. The molecule has 2 aromatic carbocycles. The number of amides is 2. The van der Waals surface area contributed by atoms with Crippen LogP contribution < -0.4 is 20.9 Å². The van der Waals surface area contributed by atoms with Crippen LogP contribution in [0.25, 0.3) is 10.2 Å². The summed E-state index contributed by atoms with van der Waals surface area (Å²) in [5, 5.41) is 6.00. The quantitative estimate of drug-likeness (QED) is 0.344. The third kappa shape index (κ3) is 5.46. The van der Waals surface area contributed by atoms with Gasteiger partial charge in [-0.05, 0) is 67.3 Å². The number of hydrogen-bond donors (Lipinski definition) is 2. The average molecular weight is 505 g/mol. The minimum absolute atomic E-state index is 0.184. The van der Waals surface area contributed by atoms with Gasteiger partial charge >= 0.3 is 0 Å². The minimum atomic E-state index is -0.362. The summed E-state index contributed by atoms with van der Waals surface area (Å²) in [4.78, 5) is 43.9. The van der Waals surface area contributed by atoms with Crippen molar-refractivity contribution in [3.63, 3.8) is 0 Å². The van der Waals surface area contributed by atoms with Crippen LogP contribution in [0, 0.1) is 6.92 Å². The van der Waals surface area contributed by atoms with Crippen LogP contribution >= 0.6 is 11.3 Å². The fourth-order valence-corrected chi connectivity index (χ4v) is 4.82. The lowest BCUT2D eigenvalue weighted by Gasteiger charge is -2.09. The Morgan fingerprint density at radius 1 is 1.03 bits per heavy atom. The number of aromatic nitrogens is 2. The molecule has 0 fully saturated rings. The lowest BCUT2D eigenvalue weighted by atomic mass is 10.0. The number of ether oxygens (including phenoxy) is 1. The van der Waals surface area contributed by atoms with Crippen molar-refractivity contribution in [1.29, 1.82) is 0 Å². The summed E-state index contributed by atoms with van der Waals surface area (Å²) < 4.78 is 6.68. The molecule has 0 saturated carbocycles. The molecule has 186 valence electrons. The number of anilines is 2. The van der Waals surface area contributed by atoms with Gasteiger partial charge in [0.2, 0.25) is 5.91 Å². The SMILES string of the molecule is CCOc1ccc(NC(=O)c2sc3ncn(CC(=O)Nc4ccc(C(C)C)cc4)c(=O)c3c2C)cc1. The number of nitrogens with zero attached hydrogens (tertiary/aromatic N) is 2. The molecule has 4 aromatic rings. The predicted molar refractivity (Wildman–Crippen MR) is 143 cm³/mol. The third-order valence-corrected chi connectivity index (χ3v) is 6.92. The summed E-state index contributed by atoms with van der Waals surface area (Å²) >= 11 is 1.15. The van der Waals surface area contributed by atoms with E-state index >= 15 is 0 Å². The lowest BCUT2D eigenvalue weighted by Crippen LogP contribution is -2.28. The van der Waals surface area contributed by atoms with Gasteiger partial charge in [-0.3, -0.25) is 19.0 Å². The maximum Gasteiger partial charge on any atom is 0.266 e. The normalized spacial score (nSPS) is 11.0. The number of thiophene rings is 1. The Hall–Kier alpha value is -3.98. The summed E-state index contributed by atoms with van der Waals surface area (Å²) in [5.41, 5.74) is 2.62. The van der Waals surface area contributed by atoms with Crippen molar-refractivity contribution in [2.24, 2.45) is 0 Å². The average Bonchev–Trinajstić information content (AvgIpc) is 3.19. The van der Waals surface area contributed by atoms with E-state index in [4.69, 9.17) is 4.74 Å². The van der Waals surface area contributed by atoms with Gasteiger partial charge in [0.05, 0.1) is 23.2 Å². The molecule has 2 aromatic heterocycles. The van der Waals surface area contributed by atoms with Gasteiger partial charge in [-0.1, -0.05) is 26.0 Å². The Labute approximate surface area is 212 Å². The van der Waals surface area contributed by atoms with E-state index < -0.39 is 0 Å². The van der Waals surface area contributed by atoms with Crippen molar-refractivity contribution in [3.8, 4) is 5.75 Å². The molecule has 0 aliphatic carbocycles. The van der Waals surface area contributed by atoms with Crippen LogP contribution in [0.15, 0.2) is 59.7 Å². The molecule has 9 heteroatoms. The van der Waals surface area contributed by atoms with Crippen molar-refractivity contribution >= 4 is 44.7 Å². The molecular formula is C27H28N4O4S. The van der Waals surface area contributed by atoms with Crippen LogP contribution in [0.1, 0.15) is 47.5 Å².